The van der Waals surface area contributed by atoms with Crippen molar-refractivity contribution < 1.29 is 24.5 Å². The van der Waals surface area contributed by atoms with Crippen molar-refractivity contribution in [1.82, 2.24) is 5.32 Å². The predicted molar refractivity (Wildman–Crippen MR) is 119 cm³/mol. The molecule has 6 nitrogen and oxygen atoms in total. The molecular formula is C24H20BrNO5. The van der Waals surface area contributed by atoms with Crippen LogP contribution in [0.5, 0.6) is 5.75 Å². The second-order valence-corrected chi connectivity index (χ2v) is 8.25. The Morgan fingerprint density at radius 2 is 1.61 bits per heavy atom. The Morgan fingerprint density at radius 1 is 1.00 bits per heavy atom. The molecule has 3 aromatic carbocycles. The van der Waals surface area contributed by atoms with E-state index in [9.17, 15) is 19.8 Å². The van der Waals surface area contributed by atoms with Crippen molar-refractivity contribution in [3.8, 4) is 16.9 Å². The average molecular weight is 482 g/mol. The normalized spacial score (nSPS) is 13.2. The topological polar surface area (TPSA) is 95.9 Å². The number of aliphatic carboxylic acids is 1. The van der Waals surface area contributed by atoms with Crippen LogP contribution in [0.3, 0.4) is 0 Å². The van der Waals surface area contributed by atoms with Gasteiger partial charge in [-0.2, -0.15) is 0 Å². The number of ether oxygens (including phenoxy) is 1. The van der Waals surface area contributed by atoms with Gasteiger partial charge in [-0.15, -0.1) is 0 Å². The highest BCUT2D eigenvalue weighted by Gasteiger charge is 2.30. The number of fused-ring (bicyclic) bond motifs is 3. The van der Waals surface area contributed by atoms with Gasteiger partial charge < -0.3 is 20.3 Å². The number of alkyl carbamates (subject to hydrolysis) is 1. The van der Waals surface area contributed by atoms with Crippen LogP contribution in [0.4, 0.5) is 4.79 Å². The van der Waals surface area contributed by atoms with E-state index in [0.29, 0.717) is 10.0 Å². The van der Waals surface area contributed by atoms with E-state index < -0.39 is 18.1 Å². The number of aromatic hydroxyl groups is 1. The molecule has 0 aliphatic heterocycles. The minimum Gasteiger partial charge on any atom is -0.508 e. The number of carboxylic acids is 1. The highest BCUT2D eigenvalue weighted by Crippen LogP contribution is 2.44. The number of phenols is 1. The maximum absolute atomic E-state index is 12.4. The molecule has 31 heavy (non-hydrogen) atoms. The van der Waals surface area contributed by atoms with Gasteiger partial charge in [0, 0.05) is 16.8 Å². The molecule has 0 radical (unpaired) electrons. The molecule has 1 amide bonds. The summed E-state index contributed by atoms with van der Waals surface area (Å²) in [4.78, 5) is 24.0. The molecule has 7 heteroatoms. The highest BCUT2D eigenvalue weighted by molar-refractivity contribution is 9.10. The molecule has 0 saturated carbocycles. The number of carbonyl (C=O) groups is 2. The average Bonchev–Trinajstić information content (AvgIpc) is 3.07. The number of hydrogen-bond acceptors (Lipinski definition) is 4. The van der Waals surface area contributed by atoms with Crippen molar-refractivity contribution in [2.24, 2.45) is 0 Å². The van der Waals surface area contributed by atoms with E-state index in [1.54, 1.807) is 12.1 Å². The third kappa shape index (κ3) is 4.41. The molecule has 0 bridgehead atoms. The summed E-state index contributed by atoms with van der Waals surface area (Å²) in [6, 6.07) is 19.5. The molecule has 1 aliphatic rings. The zero-order chi connectivity index (χ0) is 22.0. The van der Waals surface area contributed by atoms with Gasteiger partial charge in [-0.05, 0) is 39.9 Å². The van der Waals surface area contributed by atoms with Gasteiger partial charge in [0.2, 0.25) is 0 Å². The Morgan fingerprint density at radius 3 is 2.19 bits per heavy atom. The molecule has 4 rings (SSSR count). The summed E-state index contributed by atoms with van der Waals surface area (Å²) in [6.07, 6.45) is -0.885. The minimum absolute atomic E-state index is 0.0463. The van der Waals surface area contributed by atoms with Crippen LogP contribution >= 0.6 is 15.9 Å². The Labute approximate surface area is 187 Å². The van der Waals surface area contributed by atoms with E-state index in [1.165, 1.54) is 6.07 Å². The fraction of sp³-hybridized carbons (Fsp3) is 0.167. The van der Waals surface area contributed by atoms with E-state index in [-0.39, 0.29) is 24.7 Å². The Bertz CT molecular complexity index is 1100. The summed E-state index contributed by atoms with van der Waals surface area (Å²) in [6.45, 7) is 0.0930. The zero-order valence-electron chi connectivity index (χ0n) is 16.4. The maximum atomic E-state index is 12.4. The summed E-state index contributed by atoms with van der Waals surface area (Å²) in [7, 11) is 0. The summed E-state index contributed by atoms with van der Waals surface area (Å²) in [5, 5.41) is 21.9. The quantitative estimate of drug-likeness (QED) is 0.474. The number of rotatable bonds is 6. The molecule has 1 atom stereocenters. The Hall–Kier alpha value is -3.32. The molecule has 158 valence electrons. The van der Waals surface area contributed by atoms with E-state index in [4.69, 9.17) is 4.74 Å². The molecule has 0 fully saturated rings. The second-order valence-electron chi connectivity index (χ2n) is 7.34. The van der Waals surface area contributed by atoms with Crippen molar-refractivity contribution in [1.29, 1.82) is 0 Å². The van der Waals surface area contributed by atoms with Gasteiger partial charge in [-0.1, -0.05) is 70.5 Å². The lowest BCUT2D eigenvalue weighted by Gasteiger charge is -2.18. The third-order valence-electron chi connectivity index (χ3n) is 5.41. The summed E-state index contributed by atoms with van der Waals surface area (Å²) < 4.78 is 6.10. The number of amides is 1. The van der Waals surface area contributed by atoms with Crippen LogP contribution in [0, 0.1) is 0 Å². The van der Waals surface area contributed by atoms with Gasteiger partial charge >= 0.3 is 12.1 Å². The zero-order valence-corrected chi connectivity index (χ0v) is 18.0. The van der Waals surface area contributed by atoms with E-state index in [2.05, 4.69) is 21.2 Å². The van der Waals surface area contributed by atoms with Crippen molar-refractivity contribution in [2.45, 2.75) is 18.4 Å². The van der Waals surface area contributed by atoms with Crippen LogP contribution in [0.25, 0.3) is 11.1 Å². The third-order valence-corrected chi connectivity index (χ3v) is 5.90. The number of benzene rings is 3. The second kappa shape index (κ2) is 8.81. The van der Waals surface area contributed by atoms with Crippen LogP contribution in [-0.2, 0) is 16.0 Å². The maximum Gasteiger partial charge on any atom is 0.407 e. The smallest absolute Gasteiger partial charge is 0.407 e. The SMILES string of the molecule is O=C(NC(Cc1ccc(Br)cc1O)C(=O)O)OCC1c2ccccc2-c2ccccc21. The summed E-state index contributed by atoms with van der Waals surface area (Å²) in [5.74, 6) is -1.37. The molecular weight excluding hydrogens is 462 g/mol. The molecule has 0 heterocycles. The monoisotopic (exact) mass is 481 g/mol. The minimum atomic E-state index is -1.23. The lowest BCUT2D eigenvalue weighted by molar-refractivity contribution is -0.139. The van der Waals surface area contributed by atoms with Crippen molar-refractivity contribution in [3.05, 3.63) is 87.9 Å². The number of nitrogens with one attached hydrogen (secondary N) is 1. The molecule has 3 N–H and O–H groups in total. The van der Waals surface area contributed by atoms with E-state index >= 15 is 0 Å². The molecule has 1 unspecified atom stereocenters. The molecule has 0 aromatic heterocycles. The van der Waals surface area contributed by atoms with E-state index in [1.807, 2.05) is 48.5 Å². The van der Waals surface area contributed by atoms with Crippen molar-refractivity contribution >= 4 is 28.0 Å². The van der Waals surface area contributed by atoms with Gasteiger partial charge in [0.25, 0.3) is 0 Å². The fourth-order valence-electron chi connectivity index (χ4n) is 3.91. The van der Waals surface area contributed by atoms with Crippen molar-refractivity contribution in [2.75, 3.05) is 6.61 Å². The van der Waals surface area contributed by atoms with Crippen LogP contribution < -0.4 is 5.32 Å². The van der Waals surface area contributed by atoms with Crippen LogP contribution in [0.15, 0.2) is 71.2 Å². The predicted octanol–water partition coefficient (Wildman–Crippen LogP) is 4.69. The van der Waals surface area contributed by atoms with E-state index in [0.717, 1.165) is 22.3 Å². The van der Waals surface area contributed by atoms with Crippen molar-refractivity contribution in [3.63, 3.8) is 0 Å². The first-order valence-electron chi connectivity index (χ1n) is 9.75. The first-order chi connectivity index (χ1) is 14.9. The molecule has 3 aromatic rings. The van der Waals surface area contributed by atoms with Gasteiger partial charge in [-0.25, -0.2) is 9.59 Å². The number of carbonyl (C=O) groups excluding carboxylic acids is 1. The molecule has 0 spiro atoms. The summed E-state index contributed by atoms with van der Waals surface area (Å²) >= 11 is 3.24. The first kappa shape index (κ1) is 20.9. The first-order valence-corrected chi connectivity index (χ1v) is 10.5. The molecule has 0 saturated heterocycles. The van der Waals surface area contributed by atoms with Gasteiger partial charge in [0.05, 0.1) is 0 Å². The van der Waals surface area contributed by atoms with Crippen LogP contribution in [-0.4, -0.2) is 34.9 Å². The lowest BCUT2D eigenvalue weighted by atomic mass is 9.98. The fourth-order valence-corrected chi connectivity index (χ4v) is 4.26. The van der Waals surface area contributed by atoms with Crippen LogP contribution in [0.1, 0.15) is 22.6 Å². The highest BCUT2D eigenvalue weighted by atomic mass is 79.9. The van der Waals surface area contributed by atoms with Gasteiger partial charge in [0.15, 0.2) is 0 Å². The summed E-state index contributed by atoms with van der Waals surface area (Å²) in [5.41, 5.74) is 4.79. The Kier molecular flexibility index (Phi) is 5.95. The number of phenolic OH excluding ortho intramolecular Hbond substituents is 1. The number of carboxylic acid groups (broad SMARTS) is 1. The molecule has 1 aliphatic carbocycles. The lowest BCUT2D eigenvalue weighted by Crippen LogP contribution is -2.42. The van der Waals surface area contributed by atoms with Gasteiger partial charge in [-0.3, -0.25) is 0 Å². The largest absolute Gasteiger partial charge is 0.508 e. The van der Waals surface area contributed by atoms with Crippen LogP contribution in [0.2, 0.25) is 0 Å². The number of hydrogen-bond donors (Lipinski definition) is 3. The van der Waals surface area contributed by atoms with Gasteiger partial charge in [0.1, 0.15) is 18.4 Å². The standard InChI is InChI=1S/C24H20BrNO5/c25-15-10-9-14(22(27)12-15)11-21(23(28)29)26-24(30)31-13-20-18-7-3-1-5-16(18)17-6-2-4-8-19(17)20/h1-10,12,20-21,27H,11,13H2,(H,26,30)(H,28,29). The number of halogens is 1. The Balaban J connectivity index is 1.44.